The molecule has 4 atom stereocenters. The smallest absolute Gasteiger partial charge is 0.330 e. The monoisotopic (exact) mass is 444 g/mol. The topological polar surface area (TPSA) is 101 Å². The van der Waals surface area contributed by atoms with E-state index in [9.17, 15) is 9.59 Å². The highest BCUT2D eigenvalue weighted by Crippen LogP contribution is 2.42. The van der Waals surface area contributed by atoms with Gasteiger partial charge in [0.15, 0.2) is 14.5 Å². The zero-order valence-corrected chi connectivity index (χ0v) is 20.3. The molecule has 1 fully saturated rings. The number of ether oxygens (including phenoxy) is 4. The SMILES string of the molecule is COCCOC1C(O[Si](C)(C)C(C)(C)C)[C@H](COC)O[C@@H]1n1cc(C)c(=O)[nH]c1=O. The van der Waals surface area contributed by atoms with E-state index in [4.69, 9.17) is 23.4 Å². The minimum atomic E-state index is -2.19. The highest BCUT2D eigenvalue weighted by molar-refractivity contribution is 6.74. The van der Waals surface area contributed by atoms with E-state index in [2.05, 4.69) is 38.8 Å². The van der Waals surface area contributed by atoms with E-state index >= 15 is 0 Å². The number of aromatic nitrogens is 2. The van der Waals surface area contributed by atoms with Crippen LogP contribution in [0.5, 0.6) is 0 Å². The van der Waals surface area contributed by atoms with Crippen LogP contribution < -0.4 is 11.2 Å². The Bertz CT molecular complexity index is 815. The zero-order valence-electron chi connectivity index (χ0n) is 19.3. The van der Waals surface area contributed by atoms with Gasteiger partial charge in [-0.1, -0.05) is 20.8 Å². The first-order chi connectivity index (χ1) is 13.9. The van der Waals surface area contributed by atoms with Crippen LogP contribution in [0.1, 0.15) is 32.6 Å². The summed E-state index contributed by atoms with van der Waals surface area (Å²) < 4.78 is 30.9. The van der Waals surface area contributed by atoms with Gasteiger partial charge in [0.2, 0.25) is 0 Å². The van der Waals surface area contributed by atoms with Gasteiger partial charge in [0.05, 0.1) is 19.8 Å². The molecule has 2 unspecified atom stereocenters. The molecule has 0 amide bonds. The predicted octanol–water partition coefficient (Wildman–Crippen LogP) is 1.81. The summed E-state index contributed by atoms with van der Waals surface area (Å²) in [6.45, 7) is 13.4. The molecule has 9 nitrogen and oxygen atoms in total. The quantitative estimate of drug-likeness (QED) is 0.458. The lowest BCUT2D eigenvalue weighted by molar-refractivity contribution is -0.0829. The molecule has 1 aromatic rings. The van der Waals surface area contributed by atoms with Crippen molar-refractivity contribution >= 4 is 8.32 Å². The normalized spacial score (nSPS) is 25.1. The van der Waals surface area contributed by atoms with Crippen LogP contribution in [0.25, 0.3) is 0 Å². The Morgan fingerprint density at radius 2 is 1.80 bits per heavy atom. The van der Waals surface area contributed by atoms with Crippen LogP contribution in [0.3, 0.4) is 0 Å². The van der Waals surface area contributed by atoms with E-state index in [1.807, 2.05) is 0 Å². The maximum atomic E-state index is 12.6. The van der Waals surface area contributed by atoms with Gasteiger partial charge < -0.3 is 23.4 Å². The average molecular weight is 445 g/mol. The molecule has 1 saturated heterocycles. The molecule has 1 N–H and O–H groups in total. The van der Waals surface area contributed by atoms with Gasteiger partial charge >= 0.3 is 5.69 Å². The van der Waals surface area contributed by atoms with Gasteiger partial charge in [-0.2, -0.15) is 0 Å². The molecular weight excluding hydrogens is 408 g/mol. The van der Waals surface area contributed by atoms with Crippen LogP contribution in [0.15, 0.2) is 15.8 Å². The molecule has 0 spiro atoms. The zero-order chi connectivity index (χ0) is 22.7. The summed E-state index contributed by atoms with van der Waals surface area (Å²) >= 11 is 0. The Morgan fingerprint density at radius 1 is 1.13 bits per heavy atom. The number of methoxy groups -OCH3 is 2. The number of hydrogen-bond acceptors (Lipinski definition) is 7. The van der Waals surface area contributed by atoms with Crippen molar-refractivity contribution < 1.29 is 23.4 Å². The molecule has 10 heteroatoms. The predicted molar refractivity (Wildman–Crippen MR) is 116 cm³/mol. The van der Waals surface area contributed by atoms with E-state index in [0.717, 1.165) is 0 Å². The van der Waals surface area contributed by atoms with E-state index in [-0.39, 0.29) is 11.6 Å². The van der Waals surface area contributed by atoms with Gasteiger partial charge in [-0.3, -0.25) is 14.3 Å². The van der Waals surface area contributed by atoms with E-state index in [1.54, 1.807) is 21.1 Å². The summed E-state index contributed by atoms with van der Waals surface area (Å²) in [5, 5.41) is -0.0226. The van der Waals surface area contributed by atoms with Crippen LogP contribution in [0, 0.1) is 6.92 Å². The largest absolute Gasteiger partial charge is 0.408 e. The first-order valence-electron chi connectivity index (χ1n) is 10.2. The minimum Gasteiger partial charge on any atom is -0.408 e. The number of nitrogens with zero attached hydrogens (tertiary/aromatic N) is 1. The summed E-state index contributed by atoms with van der Waals surface area (Å²) in [5.74, 6) is 0. The standard InChI is InChI=1S/C20H36N2O7Si/c1-13-11-22(19(24)21-17(13)23)18-16(27-10-9-25-5)15(14(28-18)12-26-6)29-30(7,8)20(2,3)4/h11,14-16,18H,9-10,12H2,1-8H3,(H,21,23,24)/t14-,15?,16?,18-/m0/s1. The third-order valence-corrected chi connectivity index (χ3v) is 10.3. The Morgan fingerprint density at radius 3 is 2.37 bits per heavy atom. The van der Waals surface area contributed by atoms with Crippen molar-refractivity contribution in [2.75, 3.05) is 34.0 Å². The maximum absolute atomic E-state index is 12.6. The molecule has 1 aliphatic rings. The third kappa shape index (κ3) is 5.48. The van der Waals surface area contributed by atoms with Gasteiger partial charge in [0, 0.05) is 26.0 Å². The number of aromatic amines is 1. The molecule has 172 valence electrons. The molecule has 2 rings (SSSR count). The van der Waals surface area contributed by atoms with Gasteiger partial charge in [-0.05, 0) is 25.1 Å². The molecule has 0 saturated carbocycles. The van der Waals surface area contributed by atoms with Crippen molar-refractivity contribution in [1.82, 2.24) is 9.55 Å². The number of hydrogen-bond donors (Lipinski definition) is 1. The highest BCUT2D eigenvalue weighted by atomic mass is 28.4. The summed E-state index contributed by atoms with van der Waals surface area (Å²) in [5.41, 5.74) is -0.570. The molecule has 0 bridgehead atoms. The fourth-order valence-corrected chi connectivity index (χ4v) is 4.43. The number of aryl methyl sites for hydroxylation is 1. The summed E-state index contributed by atoms with van der Waals surface area (Å²) in [6, 6.07) is 0. The van der Waals surface area contributed by atoms with Crippen molar-refractivity contribution in [3.05, 3.63) is 32.6 Å². The van der Waals surface area contributed by atoms with Crippen molar-refractivity contribution in [2.24, 2.45) is 0 Å². The third-order valence-electron chi connectivity index (χ3n) is 5.87. The molecule has 0 radical (unpaired) electrons. The first-order valence-corrected chi connectivity index (χ1v) is 13.1. The van der Waals surface area contributed by atoms with E-state index in [0.29, 0.717) is 18.8 Å². The minimum absolute atomic E-state index is 0.0226. The van der Waals surface area contributed by atoms with Gasteiger partial charge in [0.1, 0.15) is 18.3 Å². The molecule has 2 heterocycles. The number of rotatable bonds is 9. The molecule has 1 aliphatic heterocycles. The Labute approximate surface area is 178 Å². The Balaban J connectivity index is 2.47. The lowest BCUT2D eigenvalue weighted by Crippen LogP contribution is -2.50. The van der Waals surface area contributed by atoms with Gasteiger partial charge in [0.25, 0.3) is 5.56 Å². The highest BCUT2D eigenvalue weighted by Gasteiger charge is 2.51. The summed E-state index contributed by atoms with van der Waals surface area (Å²) in [7, 11) is 1.00. The van der Waals surface area contributed by atoms with Crippen LogP contribution in [0.4, 0.5) is 0 Å². The van der Waals surface area contributed by atoms with Crippen LogP contribution in [-0.2, 0) is 23.4 Å². The molecule has 0 aromatic carbocycles. The van der Waals surface area contributed by atoms with Crippen molar-refractivity contribution in [2.45, 2.75) is 70.4 Å². The molecule has 1 aromatic heterocycles. The summed E-state index contributed by atoms with van der Waals surface area (Å²) in [4.78, 5) is 26.7. The second-order valence-electron chi connectivity index (χ2n) is 9.17. The summed E-state index contributed by atoms with van der Waals surface area (Å²) in [6.07, 6.45) is -0.707. The molecular formula is C20H36N2O7Si. The van der Waals surface area contributed by atoms with Crippen LogP contribution in [-0.4, -0.2) is 70.2 Å². The molecule has 30 heavy (non-hydrogen) atoms. The lowest BCUT2D eigenvalue weighted by Gasteiger charge is -2.40. The second kappa shape index (κ2) is 9.88. The van der Waals surface area contributed by atoms with Gasteiger partial charge in [-0.25, -0.2) is 4.79 Å². The van der Waals surface area contributed by atoms with Crippen LogP contribution in [0.2, 0.25) is 18.1 Å². The van der Waals surface area contributed by atoms with Gasteiger partial charge in [-0.15, -0.1) is 0 Å². The number of H-pyrrole nitrogens is 1. The average Bonchev–Trinajstić information content (AvgIpc) is 2.95. The number of nitrogens with one attached hydrogen (secondary N) is 1. The van der Waals surface area contributed by atoms with E-state index in [1.165, 1.54) is 10.8 Å². The first kappa shape index (κ1) is 25.0. The Kier molecular flexibility index (Phi) is 8.22. The fourth-order valence-electron chi connectivity index (χ4n) is 3.11. The molecule has 0 aliphatic carbocycles. The fraction of sp³-hybridized carbons (Fsp3) is 0.800. The Hall–Kier alpha value is -1.30. The lowest BCUT2D eigenvalue weighted by atomic mass is 10.1. The maximum Gasteiger partial charge on any atom is 0.330 e. The van der Waals surface area contributed by atoms with Crippen LogP contribution >= 0.6 is 0 Å². The van der Waals surface area contributed by atoms with Crippen molar-refractivity contribution in [1.29, 1.82) is 0 Å². The van der Waals surface area contributed by atoms with Crippen molar-refractivity contribution in [3.8, 4) is 0 Å². The second-order valence-corrected chi connectivity index (χ2v) is 13.9. The van der Waals surface area contributed by atoms with E-state index < -0.39 is 44.1 Å². The van der Waals surface area contributed by atoms with Crippen molar-refractivity contribution in [3.63, 3.8) is 0 Å².